The van der Waals surface area contributed by atoms with Gasteiger partial charge in [0.05, 0.1) is 27.9 Å². The monoisotopic (exact) mass is 613 g/mol. The molecule has 48 heavy (non-hydrogen) atoms. The van der Waals surface area contributed by atoms with Gasteiger partial charge in [-0.1, -0.05) is 127 Å². The second kappa shape index (κ2) is 10.5. The van der Waals surface area contributed by atoms with Crippen molar-refractivity contribution < 1.29 is 4.42 Å². The lowest BCUT2D eigenvalue weighted by atomic mass is 10.0. The summed E-state index contributed by atoms with van der Waals surface area (Å²) in [7, 11) is 0. The molecule has 4 heteroatoms. The summed E-state index contributed by atoms with van der Waals surface area (Å²) in [5.41, 5.74) is 11.1. The Kier molecular flexibility index (Phi) is 5.84. The van der Waals surface area contributed by atoms with Crippen LogP contribution in [0.15, 0.2) is 168 Å². The predicted octanol–water partition coefficient (Wildman–Crippen LogP) is 11.6. The summed E-state index contributed by atoms with van der Waals surface area (Å²) in [5.74, 6) is 0.706. The third-order valence-corrected chi connectivity index (χ3v) is 9.41. The maximum absolute atomic E-state index is 6.84. The van der Waals surface area contributed by atoms with Crippen LogP contribution in [0, 0.1) is 0 Å². The van der Waals surface area contributed by atoms with Crippen molar-refractivity contribution in [3.8, 4) is 39.5 Å². The number of fused-ring (bicyclic) bond motifs is 7. The highest BCUT2D eigenvalue weighted by molar-refractivity contribution is 6.13. The second-order valence-electron chi connectivity index (χ2n) is 12.2. The Bertz CT molecular complexity index is 2830. The van der Waals surface area contributed by atoms with Crippen LogP contribution < -0.4 is 0 Å². The van der Waals surface area contributed by atoms with E-state index in [1.54, 1.807) is 0 Å². The molecule has 0 atom stereocenters. The molecule has 0 aliphatic heterocycles. The van der Waals surface area contributed by atoms with Crippen LogP contribution in [0.5, 0.6) is 0 Å². The fraction of sp³-hybridized carbons (Fsp3) is 0. The molecule has 0 bridgehead atoms. The largest absolute Gasteiger partial charge is 0.454 e. The molecule has 3 aromatic heterocycles. The van der Waals surface area contributed by atoms with E-state index in [1.165, 1.54) is 21.9 Å². The van der Waals surface area contributed by atoms with Gasteiger partial charge in [-0.2, -0.15) is 0 Å². The zero-order chi connectivity index (χ0) is 31.6. The maximum Gasteiger partial charge on any atom is 0.160 e. The van der Waals surface area contributed by atoms with Gasteiger partial charge in [-0.25, -0.2) is 9.97 Å². The molecule has 3 heterocycles. The van der Waals surface area contributed by atoms with Crippen LogP contribution in [-0.4, -0.2) is 14.5 Å². The van der Waals surface area contributed by atoms with E-state index in [-0.39, 0.29) is 0 Å². The summed E-state index contributed by atoms with van der Waals surface area (Å²) in [6.45, 7) is 0. The molecule has 0 saturated carbocycles. The van der Waals surface area contributed by atoms with Crippen LogP contribution in [0.1, 0.15) is 0 Å². The van der Waals surface area contributed by atoms with Crippen molar-refractivity contribution in [1.82, 2.24) is 14.5 Å². The van der Waals surface area contributed by atoms with E-state index in [2.05, 4.69) is 132 Å². The highest BCUT2D eigenvalue weighted by Gasteiger charge is 2.19. The average Bonchev–Trinajstić information content (AvgIpc) is 3.70. The van der Waals surface area contributed by atoms with Gasteiger partial charge >= 0.3 is 0 Å². The topological polar surface area (TPSA) is 43.9 Å². The van der Waals surface area contributed by atoms with Crippen molar-refractivity contribution in [1.29, 1.82) is 0 Å². The zero-order valence-electron chi connectivity index (χ0n) is 25.8. The Morgan fingerprint density at radius 3 is 1.94 bits per heavy atom. The normalized spacial score (nSPS) is 11.8. The van der Waals surface area contributed by atoms with Crippen molar-refractivity contribution in [2.75, 3.05) is 0 Å². The van der Waals surface area contributed by atoms with Crippen LogP contribution >= 0.6 is 0 Å². The van der Waals surface area contributed by atoms with Crippen LogP contribution in [0.4, 0.5) is 0 Å². The minimum atomic E-state index is 0.706. The van der Waals surface area contributed by atoms with E-state index < -0.39 is 0 Å². The SMILES string of the molecule is c1ccc(-c2ccc3c4ccccc4n(-c4cccc5c4oc4cc(-c6nc(-c7ccccc7)nc7ccccc67)ccc45)c3c2)cc1. The number of para-hydroxylation sites is 3. The quantitative estimate of drug-likeness (QED) is 0.198. The van der Waals surface area contributed by atoms with Gasteiger partial charge in [-0.05, 0) is 47.5 Å². The minimum Gasteiger partial charge on any atom is -0.454 e. The Hall–Kier alpha value is -6.52. The summed E-state index contributed by atoms with van der Waals surface area (Å²) in [4.78, 5) is 10.0. The minimum absolute atomic E-state index is 0.706. The first-order valence-corrected chi connectivity index (χ1v) is 16.2. The fourth-order valence-electron chi connectivity index (χ4n) is 7.16. The molecule has 0 saturated heterocycles. The number of furan rings is 1. The lowest BCUT2D eigenvalue weighted by Crippen LogP contribution is -1.94. The molecule has 10 aromatic rings. The van der Waals surface area contributed by atoms with E-state index in [9.17, 15) is 0 Å². The van der Waals surface area contributed by atoms with E-state index in [1.807, 2.05) is 36.4 Å². The highest BCUT2D eigenvalue weighted by Crippen LogP contribution is 2.40. The third kappa shape index (κ3) is 4.10. The van der Waals surface area contributed by atoms with Crippen LogP contribution in [-0.2, 0) is 0 Å². The molecule has 0 fully saturated rings. The van der Waals surface area contributed by atoms with Crippen molar-refractivity contribution in [3.63, 3.8) is 0 Å². The molecule has 0 aliphatic carbocycles. The summed E-state index contributed by atoms with van der Waals surface area (Å²) < 4.78 is 9.20. The third-order valence-electron chi connectivity index (χ3n) is 9.41. The number of aromatic nitrogens is 3. The van der Waals surface area contributed by atoms with Crippen LogP contribution in [0.3, 0.4) is 0 Å². The molecule has 0 unspecified atom stereocenters. The molecule has 0 N–H and O–H groups in total. The lowest BCUT2D eigenvalue weighted by molar-refractivity contribution is 0.666. The Labute approximate surface area is 276 Å². The van der Waals surface area contributed by atoms with Gasteiger partial charge in [-0.15, -0.1) is 0 Å². The number of hydrogen-bond acceptors (Lipinski definition) is 3. The smallest absolute Gasteiger partial charge is 0.160 e. The first kappa shape index (κ1) is 26.7. The first-order chi connectivity index (χ1) is 23.8. The maximum atomic E-state index is 6.84. The molecule has 4 nitrogen and oxygen atoms in total. The van der Waals surface area contributed by atoms with Crippen molar-refractivity contribution in [2.24, 2.45) is 0 Å². The standard InChI is InChI=1S/C44H27N3O/c1-3-12-28(13-4-1)30-22-24-33-32-16-8-10-20-38(32)47(40(33)26-30)39-21-11-18-35-34-25-23-31(27-41(34)48-43(35)39)42-36-17-7-9-19-37(36)45-44(46-42)29-14-5-2-6-15-29/h1-27H. The number of benzene rings is 7. The molecule has 7 aromatic carbocycles. The highest BCUT2D eigenvalue weighted by atomic mass is 16.3. The summed E-state index contributed by atoms with van der Waals surface area (Å²) in [6.07, 6.45) is 0. The Balaban J connectivity index is 1.20. The van der Waals surface area contributed by atoms with E-state index in [0.717, 1.165) is 66.4 Å². The van der Waals surface area contributed by atoms with Gasteiger partial charge in [0.25, 0.3) is 0 Å². The summed E-state index contributed by atoms with van der Waals surface area (Å²) in [5, 5.41) is 5.59. The summed E-state index contributed by atoms with van der Waals surface area (Å²) in [6, 6.07) is 57.2. The molecule has 10 rings (SSSR count). The molecule has 0 aliphatic rings. The molecule has 224 valence electrons. The van der Waals surface area contributed by atoms with Crippen molar-refractivity contribution in [2.45, 2.75) is 0 Å². The van der Waals surface area contributed by atoms with E-state index in [4.69, 9.17) is 14.4 Å². The molecular formula is C44H27N3O. The molecule has 0 amide bonds. The second-order valence-corrected chi connectivity index (χ2v) is 12.2. The summed E-state index contributed by atoms with van der Waals surface area (Å²) >= 11 is 0. The van der Waals surface area contributed by atoms with Gasteiger partial charge in [0.2, 0.25) is 0 Å². The Morgan fingerprint density at radius 1 is 0.417 bits per heavy atom. The molecular weight excluding hydrogens is 587 g/mol. The van der Waals surface area contributed by atoms with Gasteiger partial charge in [0.15, 0.2) is 11.4 Å². The number of nitrogens with zero attached hydrogens (tertiary/aromatic N) is 3. The van der Waals surface area contributed by atoms with E-state index >= 15 is 0 Å². The van der Waals surface area contributed by atoms with Crippen LogP contribution in [0.2, 0.25) is 0 Å². The van der Waals surface area contributed by atoms with Crippen molar-refractivity contribution >= 4 is 54.6 Å². The lowest BCUT2D eigenvalue weighted by Gasteiger charge is -2.09. The zero-order valence-corrected chi connectivity index (χ0v) is 25.8. The Morgan fingerprint density at radius 2 is 1.08 bits per heavy atom. The predicted molar refractivity (Wildman–Crippen MR) is 197 cm³/mol. The molecule has 0 spiro atoms. The van der Waals surface area contributed by atoms with Gasteiger partial charge < -0.3 is 8.98 Å². The van der Waals surface area contributed by atoms with Gasteiger partial charge in [-0.3, -0.25) is 0 Å². The van der Waals surface area contributed by atoms with E-state index in [0.29, 0.717) is 5.82 Å². The number of rotatable bonds is 4. The fourth-order valence-corrected chi connectivity index (χ4v) is 7.16. The average molecular weight is 614 g/mol. The van der Waals surface area contributed by atoms with Gasteiger partial charge in [0.1, 0.15) is 5.58 Å². The first-order valence-electron chi connectivity index (χ1n) is 16.2. The van der Waals surface area contributed by atoms with Gasteiger partial charge in [0, 0.05) is 38.1 Å². The molecule has 0 radical (unpaired) electrons. The van der Waals surface area contributed by atoms with Crippen LogP contribution in [0.25, 0.3) is 94.1 Å². The number of hydrogen-bond donors (Lipinski definition) is 0. The van der Waals surface area contributed by atoms with Crippen molar-refractivity contribution in [3.05, 3.63) is 164 Å².